The summed E-state index contributed by atoms with van der Waals surface area (Å²) < 4.78 is 22.5. The van der Waals surface area contributed by atoms with Crippen molar-refractivity contribution in [3.05, 3.63) is 63.3 Å². The van der Waals surface area contributed by atoms with Gasteiger partial charge in [0, 0.05) is 34.5 Å². The minimum absolute atomic E-state index is 0.0652. The minimum Gasteiger partial charge on any atom is -0.497 e. The summed E-state index contributed by atoms with van der Waals surface area (Å²) in [4.78, 5) is 36.3. The Morgan fingerprint density at radius 2 is 1.87 bits per heavy atom. The van der Waals surface area contributed by atoms with Gasteiger partial charge in [0.15, 0.2) is 0 Å². The molecule has 0 saturated carbocycles. The lowest BCUT2D eigenvalue weighted by Crippen LogP contribution is -2.16. The Balaban J connectivity index is 1.76. The number of hydrogen-bond donors (Lipinski definition) is 0. The average Bonchev–Trinajstić information content (AvgIpc) is 2.99. The zero-order valence-corrected chi connectivity index (χ0v) is 17.3. The second kappa shape index (κ2) is 8.86. The molecule has 0 N–H and O–H groups in total. The van der Waals surface area contributed by atoms with Crippen molar-refractivity contribution in [1.82, 2.24) is 4.57 Å². The number of rotatable bonds is 7. The molecule has 0 amide bonds. The van der Waals surface area contributed by atoms with Gasteiger partial charge in [-0.3, -0.25) is 4.79 Å². The molecule has 0 bridgehead atoms. The molecular formula is C22H23NO7. The highest BCUT2D eigenvalue weighted by atomic mass is 16.5. The lowest BCUT2D eigenvalue weighted by Gasteiger charge is -2.11. The lowest BCUT2D eigenvalue weighted by atomic mass is 10.1. The van der Waals surface area contributed by atoms with E-state index in [1.54, 1.807) is 49.6 Å². The highest BCUT2D eigenvalue weighted by Crippen LogP contribution is 2.23. The predicted molar refractivity (Wildman–Crippen MR) is 109 cm³/mol. The summed E-state index contributed by atoms with van der Waals surface area (Å²) in [6.07, 6.45) is 0. The number of aryl methyl sites for hydroxylation is 1. The molecule has 2 heterocycles. The molecule has 0 aliphatic rings. The van der Waals surface area contributed by atoms with E-state index in [1.807, 2.05) is 0 Å². The normalized spacial score (nSPS) is 10.8. The van der Waals surface area contributed by atoms with Crippen molar-refractivity contribution in [2.45, 2.75) is 33.9 Å². The van der Waals surface area contributed by atoms with E-state index in [4.69, 9.17) is 18.6 Å². The number of esters is 2. The zero-order valence-electron chi connectivity index (χ0n) is 17.3. The Morgan fingerprint density at radius 1 is 1.10 bits per heavy atom. The first kappa shape index (κ1) is 21.2. The van der Waals surface area contributed by atoms with Crippen LogP contribution in [-0.4, -0.2) is 30.2 Å². The van der Waals surface area contributed by atoms with Crippen LogP contribution in [0.5, 0.6) is 5.75 Å². The predicted octanol–water partition coefficient (Wildman–Crippen LogP) is 3.14. The molecule has 0 aliphatic heterocycles. The highest BCUT2D eigenvalue weighted by molar-refractivity contribution is 5.91. The molecule has 3 aromatic rings. The summed E-state index contributed by atoms with van der Waals surface area (Å²) in [6, 6.07) is 8.06. The molecule has 0 fully saturated rings. The monoisotopic (exact) mass is 413 g/mol. The van der Waals surface area contributed by atoms with Crippen LogP contribution in [0.2, 0.25) is 0 Å². The topological polar surface area (TPSA) is 97.0 Å². The van der Waals surface area contributed by atoms with Crippen LogP contribution < -0.4 is 10.4 Å². The number of hydrogen-bond acceptors (Lipinski definition) is 7. The maximum Gasteiger partial charge on any atom is 0.339 e. The van der Waals surface area contributed by atoms with Crippen molar-refractivity contribution in [3.8, 4) is 5.75 Å². The summed E-state index contributed by atoms with van der Waals surface area (Å²) >= 11 is 0. The average molecular weight is 413 g/mol. The molecule has 1 aromatic carbocycles. The number of methoxy groups -OCH3 is 1. The molecule has 2 aromatic heterocycles. The fourth-order valence-corrected chi connectivity index (χ4v) is 3.25. The van der Waals surface area contributed by atoms with Gasteiger partial charge in [0.25, 0.3) is 0 Å². The molecule has 0 aliphatic carbocycles. The second-order valence-electron chi connectivity index (χ2n) is 6.70. The molecule has 0 radical (unpaired) electrons. The van der Waals surface area contributed by atoms with Gasteiger partial charge >= 0.3 is 17.6 Å². The maximum absolute atomic E-state index is 12.4. The van der Waals surface area contributed by atoms with Crippen molar-refractivity contribution in [2.75, 3.05) is 13.7 Å². The van der Waals surface area contributed by atoms with Gasteiger partial charge in [-0.2, -0.15) is 0 Å². The highest BCUT2D eigenvalue weighted by Gasteiger charge is 2.19. The molecule has 8 nitrogen and oxygen atoms in total. The summed E-state index contributed by atoms with van der Waals surface area (Å²) in [7, 11) is 1.52. The van der Waals surface area contributed by atoms with Crippen LogP contribution in [0.4, 0.5) is 0 Å². The zero-order chi connectivity index (χ0) is 21.8. The summed E-state index contributed by atoms with van der Waals surface area (Å²) in [5.74, 6) is -0.374. The SMILES string of the molecule is CCOC(=O)c1cc(C)n(CC(=O)OCc2cc(=O)oc3cc(OC)ccc23)c1C. The van der Waals surface area contributed by atoms with Crippen LogP contribution in [0.25, 0.3) is 11.0 Å². The minimum atomic E-state index is -0.544. The van der Waals surface area contributed by atoms with Crippen LogP contribution in [0.3, 0.4) is 0 Å². The van der Waals surface area contributed by atoms with E-state index in [9.17, 15) is 14.4 Å². The first-order valence-corrected chi connectivity index (χ1v) is 9.44. The van der Waals surface area contributed by atoms with Crippen molar-refractivity contribution in [3.63, 3.8) is 0 Å². The maximum atomic E-state index is 12.4. The van der Waals surface area contributed by atoms with E-state index in [-0.39, 0.29) is 19.8 Å². The largest absolute Gasteiger partial charge is 0.497 e. The Hall–Kier alpha value is -3.55. The molecule has 0 saturated heterocycles. The number of carbonyl (C=O) groups excluding carboxylic acids is 2. The van der Waals surface area contributed by atoms with E-state index in [1.165, 1.54) is 13.2 Å². The number of fused-ring (bicyclic) bond motifs is 1. The van der Waals surface area contributed by atoms with E-state index >= 15 is 0 Å². The standard InChI is InChI=1S/C22H23NO7/c1-5-28-22(26)18-8-13(2)23(14(18)3)11-21(25)29-12-15-9-20(24)30-19-10-16(27-4)6-7-17(15)19/h6-10H,5,11-12H2,1-4H3. The first-order valence-electron chi connectivity index (χ1n) is 9.44. The Kier molecular flexibility index (Phi) is 6.25. The number of aromatic nitrogens is 1. The van der Waals surface area contributed by atoms with Gasteiger partial charge < -0.3 is 23.2 Å². The molecule has 8 heteroatoms. The molecular weight excluding hydrogens is 390 g/mol. The number of nitrogens with zero attached hydrogens (tertiary/aromatic N) is 1. The Morgan fingerprint density at radius 3 is 2.57 bits per heavy atom. The number of ether oxygens (including phenoxy) is 3. The molecule has 0 spiro atoms. The third-order valence-corrected chi connectivity index (χ3v) is 4.78. The third-order valence-electron chi connectivity index (χ3n) is 4.78. The number of carbonyl (C=O) groups is 2. The quantitative estimate of drug-likeness (QED) is 0.434. The summed E-state index contributed by atoms with van der Waals surface area (Å²) in [6.45, 7) is 5.40. The van der Waals surface area contributed by atoms with Crippen LogP contribution >= 0.6 is 0 Å². The van der Waals surface area contributed by atoms with E-state index in [2.05, 4.69) is 0 Å². The molecule has 0 unspecified atom stereocenters. The second-order valence-corrected chi connectivity index (χ2v) is 6.70. The van der Waals surface area contributed by atoms with E-state index in [0.29, 0.717) is 33.5 Å². The van der Waals surface area contributed by atoms with Crippen LogP contribution in [0.15, 0.2) is 39.5 Å². The van der Waals surface area contributed by atoms with Crippen LogP contribution in [-0.2, 0) is 27.4 Å². The molecule has 0 atom stereocenters. The van der Waals surface area contributed by atoms with Crippen molar-refractivity contribution < 1.29 is 28.2 Å². The molecule has 3 rings (SSSR count). The lowest BCUT2D eigenvalue weighted by molar-refractivity contribution is -0.145. The van der Waals surface area contributed by atoms with Gasteiger partial charge in [-0.15, -0.1) is 0 Å². The van der Waals surface area contributed by atoms with Crippen LogP contribution in [0.1, 0.15) is 34.2 Å². The van der Waals surface area contributed by atoms with Crippen molar-refractivity contribution >= 4 is 22.9 Å². The van der Waals surface area contributed by atoms with E-state index < -0.39 is 17.6 Å². The van der Waals surface area contributed by atoms with Crippen molar-refractivity contribution in [1.29, 1.82) is 0 Å². The number of benzene rings is 1. The van der Waals surface area contributed by atoms with Crippen LogP contribution in [0, 0.1) is 13.8 Å². The third kappa shape index (κ3) is 4.37. The van der Waals surface area contributed by atoms with Gasteiger partial charge in [-0.1, -0.05) is 0 Å². The van der Waals surface area contributed by atoms with Gasteiger partial charge in [0.1, 0.15) is 24.5 Å². The van der Waals surface area contributed by atoms with Gasteiger partial charge in [0.2, 0.25) is 0 Å². The van der Waals surface area contributed by atoms with Gasteiger partial charge in [0.05, 0.1) is 19.3 Å². The smallest absolute Gasteiger partial charge is 0.339 e. The van der Waals surface area contributed by atoms with E-state index in [0.717, 1.165) is 5.69 Å². The fraction of sp³-hybridized carbons (Fsp3) is 0.318. The van der Waals surface area contributed by atoms with Crippen molar-refractivity contribution in [2.24, 2.45) is 0 Å². The summed E-state index contributed by atoms with van der Waals surface area (Å²) in [5.41, 5.74) is 2.13. The van der Waals surface area contributed by atoms with Gasteiger partial charge in [-0.25, -0.2) is 9.59 Å². The first-order chi connectivity index (χ1) is 14.3. The van der Waals surface area contributed by atoms with Gasteiger partial charge in [-0.05, 0) is 39.0 Å². The summed E-state index contributed by atoms with van der Waals surface area (Å²) in [5, 5.41) is 0.654. The Labute approximate surface area is 173 Å². The fourth-order valence-electron chi connectivity index (χ4n) is 3.25. The molecule has 30 heavy (non-hydrogen) atoms. The Bertz CT molecular complexity index is 1160. The molecule has 158 valence electrons.